The number of hydrogen-bond acceptors (Lipinski definition) is 4. The van der Waals surface area contributed by atoms with Gasteiger partial charge in [-0.1, -0.05) is 0 Å². The number of nitrogens with two attached hydrogens (primary N) is 1. The maximum Gasteiger partial charge on any atom is 0.245 e. The number of piperazine rings is 1. The molecule has 0 spiro atoms. The Morgan fingerprint density at radius 1 is 1.37 bits per heavy atom. The predicted molar refractivity (Wildman–Crippen MR) is 71.7 cm³/mol. The third-order valence-electron chi connectivity index (χ3n) is 3.52. The standard InChI is InChI=1S/C12H18FN3O2S/c1-9-8-16(6-5-15(9)2)19(17,18)12-7-10(13)3-4-11(12)14/h3-4,7,9H,5-6,8,14H2,1-2H3. The van der Waals surface area contributed by atoms with Gasteiger partial charge in [0.25, 0.3) is 0 Å². The second-order valence-corrected chi connectivity index (χ2v) is 6.78. The molecule has 1 aromatic carbocycles. The van der Waals surface area contributed by atoms with Gasteiger partial charge in [0.1, 0.15) is 10.7 Å². The number of likely N-dealkylation sites (N-methyl/N-ethyl adjacent to an activating group) is 1. The van der Waals surface area contributed by atoms with Crippen LogP contribution in [0.25, 0.3) is 0 Å². The monoisotopic (exact) mass is 287 g/mol. The summed E-state index contributed by atoms with van der Waals surface area (Å²) in [5, 5.41) is 0. The Bertz CT molecular complexity index is 576. The lowest BCUT2D eigenvalue weighted by molar-refractivity contribution is 0.159. The quantitative estimate of drug-likeness (QED) is 0.815. The molecule has 1 fully saturated rings. The van der Waals surface area contributed by atoms with Crippen molar-refractivity contribution in [2.45, 2.75) is 17.9 Å². The molecule has 2 rings (SSSR count). The first-order valence-electron chi connectivity index (χ1n) is 6.08. The maximum absolute atomic E-state index is 13.2. The Labute approximate surface area is 112 Å². The van der Waals surface area contributed by atoms with E-state index < -0.39 is 15.8 Å². The van der Waals surface area contributed by atoms with E-state index in [0.29, 0.717) is 19.6 Å². The molecule has 2 N–H and O–H groups in total. The molecule has 1 aliphatic heterocycles. The van der Waals surface area contributed by atoms with Crippen LogP contribution in [-0.4, -0.2) is 50.3 Å². The molecule has 1 saturated heterocycles. The van der Waals surface area contributed by atoms with Crippen molar-refractivity contribution in [3.63, 3.8) is 0 Å². The summed E-state index contributed by atoms with van der Waals surface area (Å²) in [6.07, 6.45) is 0. The fourth-order valence-corrected chi connectivity index (χ4v) is 3.74. The molecule has 0 radical (unpaired) electrons. The van der Waals surface area contributed by atoms with E-state index in [2.05, 4.69) is 4.90 Å². The number of nitrogens with zero attached hydrogens (tertiary/aromatic N) is 2. The van der Waals surface area contributed by atoms with Crippen molar-refractivity contribution < 1.29 is 12.8 Å². The van der Waals surface area contributed by atoms with E-state index >= 15 is 0 Å². The number of halogens is 1. The summed E-state index contributed by atoms with van der Waals surface area (Å²) >= 11 is 0. The van der Waals surface area contributed by atoms with Crippen LogP contribution in [0.4, 0.5) is 10.1 Å². The van der Waals surface area contributed by atoms with Gasteiger partial charge in [-0.05, 0) is 32.2 Å². The van der Waals surface area contributed by atoms with E-state index in [1.54, 1.807) is 0 Å². The molecule has 1 unspecified atom stereocenters. The summed E-state index contributed by atoms with van der Waals surface area (Å²) in [6, 6.07) is 3.54. The highest BCUT2D eigenvalue weighted by molar-refractivity contribution is 7.89. The zero-order chi connectivity index (χ0) is 14.2. The van der Waals surface area contributed by atoms with Crippen molar-refractivity contribution >= 4 is 15.7 Å². The van der Waals surface area contributed by atoms with Crippen LogP contribution in [0.3, 0.4) is 0 Å². The maximum atomic E-state index is 13.2. The minimum absolute atomic E-state index is 0.0768. The highest BCUT2D eigenvalue weighted by atomic mass is 32.2. The molecule has 0 saturated carbocycles. The van der Waals surface area contributed by atoms with Gasteiger partial charge in [0.2, 0.25) is 10.0 Å². The summed E-state index contributed by atoms with van der Waals surface area (Å²) < 4.78 is 39.5. The van der Waals surface area contributed by atoms with Gasteiger partial charge < -0.3 is 10.6 Å². The third-order valence-corrected chi connectivity index (χ3v) is 5.44. The molecular weight excluding hydrogens is 269 g/mol. The SMILES string of the molecule is CC1CN(S(=O)(=O)c2cc(F)ccc2N)CCN1C. The van der Waals surface area contributed by atoms with Crippen molar-refractivity contribution in [1.29, 1.82) is 0 Å². The van der Waals surface area contributed by atoms with Crippen LogP contribution in [0.15, 0.2) is 23.1 Å². The van der Waals surface area contributed by atoms with Crippen molar-refractivity contribution in [3.8, 4) is 0 Å². The number of hydrogen-bond donors (Lipinski definition) is 1. The smallest absolute Gasteiger partial charge is 0.245 e. The van der Waals surface area contributed by atoms with Crippen LogP contribution in [0.1, 0.15) is 6.92 Å². The predicted octanol–water partition coefficient (Wildman–Crippen LogP) is 0.733. The Balaban J connectivity index is 2.35. The Morgan fingerprint density at radius 3 is 2.68 bits per heavy atom. The van der Waals surface area contributed by atoms with Gasteiger partial charge in [-0.3, -0.25) is 0 Å². The number of anilines is 1. The van der Waals surface area contributed by atoms with Gasteiger partial charge in [-0.15, -0.1) is 0 Å². The van der Waals surface area contributed by atoms with Gasteiger partial charge in [-0.25, -0.2) is 12.8 Å². The lowest BCUT2D eigenvalue weighted by Crippen LogP contribution is -2.51. The van der Waals surface area contributed by atoms with Gasteiger partial charge >= 0.3 is 0 Å². The van der Waals surface area contributed by atoms with E-state index in [9.17, 15) is 12.8 Å². The molecule has 7 heteroatoms. The highest BCUT2D eigenvalue weighted by Gasteiger charge is 2.32. The average molecular weight is 287 g/mol. The van der Waals surface area contributed by atoms with Crippen molar-refractivity contribution in [2.75, 3.05) is 32.4 Å². The van der Waals surface area contributed by atoms with Crippen LogP contribution in [-0.2, 0) is 10.0 Å². The van der Waals surface area contributed by atoms with E-state index in [0.717, 1.165) is 12.1 Å². The molecule has 0 aromatic heterocycles. The molecule has 1 aromatic rings. The van der Waals surface area contributed by atoms with Gasteiger partial charge in [0.15, 0.2) is 0 Å². The molecule has 5 nitrogen and oxygen atoms in total. The van der Waals surface area contributed by atoms with Crippen LogP contribution >= 0.6 is 0 Å². The first kappa shape index (κ1) is 14.2. The highest BCUT2D eigenvalue weighted by Crippen LogP contribution is 2.25. The zero-order valence-electron chi connectivity index (χ0n) is 11.0. The molecule has 0 amide bonds. The zero-order valence-corrected chi connectivity index (χ0v) is 11.8. The fraction of sp³-hybridized carbons (Fsp3) is 0.500. The Hall–Kier alpha value is -1.18. The van der Waals surface area contributed by atoms with Gasteiger partial charge in [-0.2, -0.15) is 4.31 Å². The number of sulfonamides is 1. The number of benzene rings is 1. The molecule has 1 atom stereocenters. The topological polar surface area (TPSA) is 66.6 Å². The largest absolute Gasteiger partial charge is 0.398 e. The molecule has 1 aliphatic rings. The van der Waals surface area contributed by atoms with Gasteiger partial charge in [0, 0.05) is 25.7 Å². The van der Waals surface area contributed by atoms with Crippen LogP contribution in [0.5, 0.6) is 0 Å². The van der Waals surface area contributed by atoms with Gasteiger partial charge in [0.05, 0.1) is 5.69 Å². The first-order chi connectivity index (χ1) is 8.82. The van der Waals surface area contributed by atoms with E-state index in [-0.39, 0.29) is 16.6 Å². The lowest BCUT2D eigenvalue weighted by atomic mass is 10.2. The summed E-state index contributed by atoms with van der Waals surface area (Å²) in [6.45, 7) is 3.38. The summed E-state index contributed by atoms with van der Waals surface area (Å²) in [5.41, 5.74) is 5.74. The van der Waals surface area contributed by atoms with E-state index in [4.69, 9.17) is 5.73 Å². The average Bonchev–Trinajstić information content (AvgIpc) is 2.35. The molecule has 1 heterocycles. The molecule has 106 valence electrons. The summed E-state index contributed by atoms with van der Waals surface area (Å²) in [5.74, 6) is -0.602. The van der Waals surface area contributed by atoms with Crippen LogP contribution in [0.2, 0.25) is 0 Å². The van der Waals surface area contributed by atoms with E-state index in [1.165, 1.54) is 10.4 Å². The minimum Gasteiger partial charge on any atom is -0.398 e. The summed E-state index contributed by atoms with van der Waals surface area (Å²) in [7, 11) is -1.78. The second kappa shape index (κ2) is 5.07. The number of rotatable bonds is 2. The summed E-state index contributed by atoms with van der Waals surface area (Å²) in [4.78, 5) is 1.94. The van der Waals surface area contributed by atoms with Crippen molar-refractivity contribution in [1.82, 2.24) is 9.21 Å². The second-order valence-electron chi connectivity index (χ2n) is 4.87. The third kappa shape index (κ3) is 2.72. The lowest BCUT2D eigenvalue weighted by Gasteiger charge is -2.36. The van der Waals surface area contributed by atoms with Crippen LogP contribution < -0.4 is 5.73 Å². The van der Waals surface area contributed by atoms with Crippen LogP contribution in [0, 0.1) is 5.82 Å². The molecule has 19 heavy (non-hydrogen) atoms. The molecular formula is C12H18FN3O2S. The Kier molecular flexibility index (Phi) is 3.80. The molecule has 0 bridgehead atoms. The van der Waals surface area contributed by atoms with Crippen molar-refractivity contribution in [2.24, 2.45) is 0 Å². The Morgan fingerprint density at radius 2 is 2.05 bits per heavy atom. The van der Waals surface area contributed by atoms with Crippen molar-refractivity contribution in [3.05, 3.63) is 24.0 Å². The normalized spacial score (nSPS) is 22.6. The number of nitrogen functional groups attached to an aromatic ring is 1. The first-order valence-corrected chi connectivity index (χ1v) is 7.52. The minimum atomic E-state index is -3.73. The van der Waals surface area contributed by atoms with E-state index in [1.807, 2.05) is 14.0 Å². The fourth-order valence-electron chi connectivity index (χ4n) is 2.10. The molecule has 0 aliphatic carbocycles.